The molecule has 1 saturated carbocycles. The summed E-state index contributed by atoms with van der Waals surface area (Å²) in [5.41, 5.74) is 3.39. The molecular weight excluding hydrogens is 338 g/mol. The van der Waals surface area contributed by atoms with Gasteiger partial charge in [-0.1, -0.05) is 60.2 Å². The van der Waals surface area contributed by atoms with Crippen LogP contribution in [0, 0.1) is 6.92 Å². The number of nitrogens with one attached hydrogen (secondary N) is 1. The van der Waals surface area contributed by atoms with E-state index in [0.29, 0.717) is 12.6 Å². The van der Waals surface area contributed by atoms with Gasteiger partial charge in [0.1, 0.15) is 6.10 Å². The molecule has 0 bridgehead atoms. The first-order valence-electron chi connectivity index (χ1n) is 9.94. The largest absolute Gasteiger partial charge is 0.393 e. The monoisotopic (exact) mass is 369 g/mol. The van der Waals surface area contributed by atoms with Crippen LogP contribution in [-0.4, -0.2) is 41.6 Å². The van der Waals surface area contributed by atoms with Gasteiger partial charge in [-0.25, -0.2) is 0 Å². The summed E-state index contributed by atoms with van der Waals surface area (Å²) in [6.45, 7) is 2.85. The third kappa shape index (κ3) is 6.15. The number of hydrogen-bond acceptors (Lipinski definition) is 4. The Balaban J connectivity index is 1.55. The maximum Gasteiger partial charge on any atom is 0.108 e. The van der Waals surface area contributed by atoms with Crippen LogP contribution in [0.3, 0.4) is 0 Å². The molecule has 0 heterocycles. The van der Waals surface area contributed by atoms with E-state index in [1.807, 2.05) is 18.2 Å². The maximum atomic E-state index is 10.4. The van der Waals surface area contributed by atoms with Gasteiger partial charge in [-0.05, 0) is 43.7 Å². The molecule has 1 aliphatic carbocycles. The summed E-state index contributed by atoms with van der Waals surface area (Å²) in [6, 6.07) is 18.9. The Morgan fingerprint density at radius 2 is 1.59 bits per heavy atom. The van der Waals surface area contributed by atoms with Gasteiger partial charge in [0.15, 0.2) is 0 Å². The number of benzene rings is 2. The zero-order valence-electron chi connectivity index (χ0n) is 16.1. The van der Waals surface area contributed by atoms with Crippen LogP contribution in [0.15, 0.2) is 54.6 Å². The van der Waals surface area contributed by atoms with E-state index >= 15 is 0 Å². The average molecular weight is 370 g/mol. The number of aliphatic hydroxyl groups excluding tert-OH is 2. The summed E-state index contributed by atoms with van der Waals surface area (Å²) >= 11 is 0. The molecule has 146 valence electrons. The summed E-state index contributed by atoms with van der Waals surface area (Å²) < 4.78 is 6.14. The number of hydrogen-bond donors (Lipinski definition) is 3. The molecule has 0 unspecified atom stereocenters. The lowest BCUT2D eigenvalue weighted by molar-refractivity contribution is 0.00448. The van der Waals surface area contributed by atoms with Gasteiger partial charge in [0.05, 0.1) is 18.8 Å². The molecule has 2 aromatic rings. The minimum Gasteiger partial charge on any atom is -0.393 e. The maximum absolute atomic E-state index is 10.4. The van der Waals surface area contributed by atoms with Crippen LogP contribution in [0.2, 0.25) is 0 Å². The van der Waals surface area contributed by atoms with Gasteiger partial charge in [0.2, 0.25) is 0 Å². The van der Waals surface area contributed by atoms with Crippen molar-refractivity contribution in [3.8, 4) is 0 Å². The molecule has 27 heavy (non-hydrogen) atoms. The van der Waals surface area contributed by atoms with Crippen LogP contribution in [0.25, 0.3) is 0 Å². The Bertz CT molecular complexity index is 666. The van der Waals surface area contributed by atoms with E-state index in [9.17, 15) is 10.2 Å². The minimum atomic E-state index is -0.562. The van der Waals surface area contributed by atoms with Crippen molar-refractivity contribution < 1.29 is 14.9 Å². The molecule has 1 fully saturated rings. The highest BCUT2D eigenvalue weighted by Gasteiger charge is 2.21. The molecule has 0 amide bonds. The molecule has 2 aromatic carbocycles. The Morgan fingerprint density at radius 3 is 2.26 bits per heavy atom. The second kappa shape index (κ2) is 10.00. The molecule has 0 aliphatic heterocycles. The lowest BCUT2D eigenvalue weighted by atomic mass is 9.93. The van der Waals surface area contributed by atoms with Crippen LogP contribution >= 0.6 is 0 Å². The fraction of sp³-hybridized carbons (Fsp3) is 0.478. The van der Waals surface area contributed by atoms with E-state index < -0.39 is 6.10 Å². The first-order valence-corrected chi connectivity index (χ1v) is 9.94. The Kier molecular flexibility index (Phi) is 7.41. The zero-order chi connectivity index (χ0) is 19.1. The van der Waals surface area contributed by atoms with Gasteiger partial charge >= 0.3 is 0 Å². The van der Waals surface area contributed by atoms with Crippen LogP contribution < -0.4 is 5.32 Å². The average Bonchev–Trinajstić information content (AvgIpc) is 2.70. The van der Waals surface area contributed by atoms with Crippen molar-refractivity contribution in [2.45, 2.75) is 57.0 Å². The van der Waals surface area contributed by atoms with Gasteiger partial charge in [-0.15, -0.1) is 0 Å². The lowest BCUT2D eigenvalue weighted by Gasteiger charge is -2.27. The first-order chi connectivity index (χ1) is 13.1. The molecule has 1 aliphatic rings. The van der Waals surface area contributed by atoms with Gasteiger partial charge in [0.25, 0.3) is 0 Å². The summed E-state index contributed by atoms with van der Waals surface area (Å²) in [5.74, 6) is 0. The summed E-state index contributed by atoms with van der Waals surface area (Å²) in [4.78, 5) is 0. The van der Waals surface area contributed by atoms with Crippen molar-refractivity contribution >= 4 is 0 Å². The van der Waals surface area contributed by atoms with Crippen LogP contribution in [0.4, 0.5) is 0 Å². The van der Waals surface area contributed by atoms with E-state index in [-0.39, 0.29) is 18.8 Å². The molecule has 2 atom stereocenters. The highest BCUT2D eigenvalue weighted by atomic mass is 16.5. The molecule has 4 heteroatoms. The molecule has 0 spiro atoms. The lowest BCUT2D eigenvalue weighted by Crippen LogP contribution is -2.40. The standard InChI is InChI=1S/C23H31NO3/c1-17-7-9-19(10-8-17)23(18-5-3-2-4-6-18)27-16-22(26)15-24-20-11-13-21(25)14-12-20/h2-10,20-26H,11-16H2,1H3/t20?,21?,22-,23+/m1/s1. The molecule has 0 aromatic heterocycles. The number of ether oxygens (including phenoxy) is 1. The predicted octanol–water partition coefficient (Wildman–Crippen LogP) is 3.36. The Hall–Kier alpha value is -1.72. The van der Waals surface area contributed by atoms with Crippen molar-refractivity contribution in [3.63, 3.8) is 0 Å². The smallest absolute Gasteiger partial charge is 0.108 e. The second-order valence-corrected chi connectivity index (χ2v) is 7.60. The van der Waals surface area contributed by atoms with Crippen molar-refractivity contribution in [1.29, 1.82) is 0 Å². The summed E-state index contributed by atoms with van der Waals surface area (Å²) in [5, 5.41) is 23.4. The van der Waals surface area contributed by atoms with E-state index in [4.69, 9.17) is 4.74 Å². The van der Waals surface area contributed by atoms with Crippen molar-refractivity contribution in [2.75, 3.05) is 13.2 Å². The van der Waals surface area contributed by atoms with Crippen molar-refractivity contribution in [2.24, 2.45) is 0 Å². The molecule has 0 saturated heterocycles. The van der Waals surface area contributed by atoms with Gasteiger partial charge in [0, 0.05) is 12.6 Å². The van der Waals surface area contributed by atoms with E-state index in [0.717, 1.165) is 36.8 Å². The fourth-order valence-electron chi connectivity index (χ4n) is 3.60. The third-order valence-corrected chi connectivity index (χ3v) is 5.28. The molecule has 3 N–H and O–H groups in total. The van der Waals surface area contributed by atoms with Crippen molar-refractivity contribution in [3.05, 3.63) is 71.3 Å². The van der Waals surface area contributed by atoms with Crippen LogP contribution in [0.1, 0.15) is 48.5 Å². The topological polar surface area (TPSA) is 61.7 Å². The minimum absolute atomic E-state index is 0.155. The predicted molar refractivity (Wildman–Crippen MR) is 108 cm³/mol. The highest BCUT2D eigenvalue weighted by Crippen LogP contribution is 2.26. The van der Waals surface area contributed by atoms with Gasteiger partial charge in [-0.3, -0.25) is 0 Å². The Labute approximate surface area is 162 Å². The van der Waals surface area contributed by atoms with Crippen LogP contribution in [0.5, 0.6) is 0 Å². The number of rotatable bonds is 8. The van der Waals surface area contributed by atoms with E-state index in [1.54, 1.807) is 0 Å². The summed E-state index contributed by atoms with van der Waals surface area (Å²) in [6.07, 6.45) is 2.70. The molecule has 4 nitrogen and oxygen atoms in total. The second-order valence-electron chi connectivity index (χ2n) is 7.60. The fourth-order valence-corrected chi connectivity index (χ4v) is 3.60. The normalized spacial score (nSPS) is 22.3. The number of aryl methyl sites for hydroxylation is 1. The molecule has 0 radical (unpaired) electrons. The van der Waals surface area contributed by atoms with E-state index in [1.165, 1.54) is 5.56 Å². The number of aliphatic hydroxyl groups is 2. The zero-order valence-corrected chi connectivity index (χ0v) is 16.1. The van der Waals surface area contributed by atoms with Gasteiger partial charge in [-0.2, -0.15) is 0 Å². The van der Waals surface area contributed by atoms with Crippen LogP contribution in [-0.2, 0) is 4.74 Å². The Morgan fingerprint density at radius 1 is 0.963 bits per heavy atom. The van der Waals surface area contributed by atoms with Gasteiger partial charge < -0.3 is 20.3 Å². The SMILES string of the molecule is Cc1ccc([C@@H](OC[C@H](O)CNC2CCC(O)CC2)c2ccccc2)cc1. The quantitative estimate of drug-likeness (QED) is 0.668. The summed E-state index contributed by atoms with van der Waals surface area (Å²) in [7, 11) is 0. The highest BCUT2D eigenvalue weighted by molar-refractivity contribution is 5.31. The molecular formula is C23H31NO3. The van der Waals surface area contributed by atoms with E-state index in [2.05, 4.69) is 48.6 Å². The first kappa shape index (κ1) is 20.0. The molecule has 3 rings (SSSR count). The van der Waals surface area contributed by atoms with Crippen molar-refractivity contribution in [1.82, 2.24) is 5.32 Å². The third-order valence-electron chi connectivity index (χ3n) is 5.28.